The minimum Gasteiger partial charge on any atom is -0.465 e. The monoisotopic (exact) mass is 428 g/mol. The van der Waals surface area contributed by atoms with Crippen molar-refractivity contribution in [2.45, 2.75) is 53.5 Å². The summed E-state index contributed by atoms with van der Waals surface area (Å²) in [6.45, 7) is 8.20. The summed E-state index contributed by atoms with van der Waals surface area (Å²) < 4.78 is 29.6. The lowest BCUT2D eigenvalue weighted by molar-refractivity contribution is -0.424. The van der Waals surface area contributed by atoms with Crippen LogP contribution in [-0.2, 0) is 23.1 Å². The van der Waals surface area contributed by atoms with E-state index in [2.05, 4.69) is 5.09 Å². The van der Waals surface area contributed by atoms with E-state index in [1.165, 1.54) is 26.0 Å². The third-order valence-corrected chi connectivity index (χ3v) is 5.38. The van der Waals surface area contributed by atoms with Gasteiger partial charge in [-0.3, -0.25) is 14.9 Å². The molecule has 29 heavy (non-hydrogen) atoms. The molecule has 1 rings (SSSR count). The molecule has 0 bridgehead atoms. The lowest BCUT2D eigenvalue weighted by Crippen LogP contribution is -2.41. The molecular formula is C19H29N2O7P. The summed E-state index contributed by atoms with van der Waals surface area (Å²) in [5, 5.41) is 13.4. The van der Waals surface area contributed by atoms with Gasteiger partial charge in [-0.2, -0.15) is 5.09 Å². The van der Waals surface area contributed by atoms with Crippen molar-refractivity contribution >= 4 is 13.7 Å². The summed E-state index contributed by atoms with van der Waals surface area (Å²) in [7, 11) is -4.05. The molecule has 1 aliphatic rings. The first kappa shape index (κ1) is 24.7. The highest BCUT2D eigenvalue weighted by atomic mass is 31.2. The maximum atomic E-state index is 13.5. The van der Waals surface area contributed by atoms with Gasteiger partial charge in [-0.1, -0.05) is 19.9 Å². The number of hydrogen-bond acceptors (Lipinski definition) is 7. The Hall–Kier alpha value is -2.38. The zero-order chi connectivity index (χ0) is 22.0. The first-order valence-electron chi connectivity index (χ1n) is 9.38. The lowest BCUT2D eigenvalue weighted by atomic mass is 10.1. The molecule has 0 aromatic heterocycles. The zero-order valence-electron chi connectivity index (χ0n) is 17.4. The molecular weight excluding hydrogens is 399 g/mol. The summed E-state index contributed by atoms with van der Waals surface area (Å²) in [5.74, 6) is -0.364. The predicted octanol–water partition coefficient (Wildman–Crippen LogP) is 4.62. The minimum atomic E-state index is -4.05. The number of rotatable bonds is 11. The van der Waals surface area contributed by atoms with Crippen LogP contribution in [0.2, 0.25) is 0 Å². The van der Waals surface area contributed by atoms with Crippen LogP contribution >= 0.6 is 7.75 Å². The molecule has 1 N–H and O–H groups in total. The van der Waals surface area contributed by atoms with E-state index in [4.69, 9.17) is 13.8 Å². The Labute approximate surface area is 171 Å². The molecule has 0 aromatic rings. The van der Waals surface area contributed by atoms with Gasteiger partial charge in [0.25, 0.3) is 0 Å². The SMILES string of the molecule is CCOC(=O)[C@@H](NP(=O)(OC1=CCCC=C1)O/C(C)=C/C=C(\C)[N+](=O)[O-])C(C)C. The summed E-state index contributed by atoms with van der Waals surface area (Å²) in [5.41, 5.74) is -0.110. The van der Waals surface area contributed by atoms with Crippen molar-refractivity contribution in [2.75, 3.05) is 6.61 Å². The van der Waals surface area contributed by atoms with Gasteiger partial charge >= 0.3 is 13.7 Å². The van der Waals surface area contributed by atoms with E-state index in [0.717, 1.165) is 12.8 Å². The molecule has 1 unspecified atom stereocenters. The molecule has 0 fully saturated rings. The third-order valence-electron chi connectivity index (χ3n) is 3.80. The third kappa shape index (κ3) is 8.66. The Morgan fingerprint density at radius 2 is 2.03 bits per heavy atom. The highest BCUT2D eigenvalue weighted by molar-refractivity contribution is 7.52. The smallest absolute Gasteiger partial charge is 0.465 e. The van der Waals surface area contributed by atoms with Crippen LogP contribution in [0.5, 0.6) is 0 Å². The van der Waals surface area contributed by atoms with Crippen LogP contribution in [0.3, 0.4) is 0 Å². The van der Waals surface area contributed by atoms with E-state index < -0.39 is 24.7 Å². The van der Waals surface area contributed by atoms with E-state index in [-0.39, 0.29) is 24.0 Å². The standard InChI is InChI=1S/C19H29N2O7P/c1-6-26-19(22)18(14(2)3)20-29(25,28-17-10-8-7-9-11-17)27-16(5)13-12-15(4)21(23)24/h8,10-14,18H,6-7,9H2,1-5H3,(H,20,25)/b15-12+,16-13+/t18-,29?/m0/s1. The number of nitrogens with zero attached hydrogens (tertiary/aromatic N) is 1. The van der Waals surface area contributed by atoms with Crippen LogP contribution in [0.25, 0.3) is 0 Å². The van der Waals surface area contributed by atoms with Gasteiger partial charge in [0.05, 0.1) is 11.5 Å². The van der Waals surface area contributed by atoms with E-state index in [0.29, 0.717) is 5.76 Å². The number of carbonyl (C=O) groups excluding carboxylic acids is 1. The summed E-state index contributed by atoms with van der Waals surface area (Å²) in [6, 6.07) is -0.933. The van der Waals surface area contributed by atoms with Crippen LogP contribution < -0.4 is 5.09 Å². The van der Waals surface area contributed by atoms with Crippen molar-refractivity contribution < 1.29 is 28.1 Å². The molecule has 10 heteroatoms. The molecule has 0 aliphatic heterocycles. The molecule has 0 radical (unpaired) electrons. The normalized spacial score (nSPS) is 17.9. The van der Waals surface area contributed by atoms with Crippen LogP contribution in [-0.4, -0.2) is 23.5 Å². The van der Waals surface area contributed by atoms with Gasteiger partial charge in [-0.25, -0.2) is 4.57 Å². The number of esters is 1. The summed E-state index contributed by atoms with van der Waals surface area (Å²) >= 11 is 0. The Kier molecular flexibility index (Phi) is 9.85. The lowest BCUT2D eigenvalue weighted by Gasteiger charge is -2.27. The average molecular weight is 428 g/mol. The molecule has 9 nitrogen and oxygen atoms in total. The van der Waals surface area contributed by atoms with Crippen molar-refractivity contribution in [2.24, 2.45) is 5.92 Å². The molecule has 0 amide bonds. The van der Waals surface area contributed by atoms with Gasteiger partial charge in [0.15, 0.2) is 0 Å². The van der Waals surface area contributed by atoms with Crippen molar-refractivity contribution in [3.05, 3.63) is 57.7 Å². The van der Waals surface area contributed by atoms with E-state index in [1.54, 1.807) is 32.9 Å². The summed E-state index contributed by atoms with van der Waals surface area (Å²) in [4.78, 5) is 22.5. The maximum Gasteiger partial charge on any atom is 0.513 e. The second-order valence-corrected chi connectivity index (χ2v) is 8.33. The first-order valence-corrected chi connectivity index (χ1v) is 10.9. The van der Waals surface area contributed by atoms with Crippen LogP contribution in [0.15, 0.2) is 47.6 Å². The number of hydrogen-bond donors (Lipinski definition) is 1. The second kappa shape index (κ2) is 11.6. The van der Waals surface area contributed by atoms with Crippen molar-refractivity contribution in [1.82, 2.24) is 5.09 Å². The topological polar surface area (TPSA) is 117 Å². The Morgan fingerprint density at radius 1 is 1.34 bits per heavy atom. The van der Waals surface area contributed by atoms with E-state index in [9.17, 15) is 19.5 Å². The van der Waals surface area contributed by atoms with Gasteiger partial charge in [0.2, 0.25) is 5.70 Å². The number of nitrogens with one attached hydrogen (secondary N) is 1. The van der Waals surface area contributed by atoms with E-state index in [1.807, 2.05) is 6.08 Å². The molecule has 0 saturated carbocycles. The zero-order valence-corrected chi connectivity index (χ0v) is 18.3. The largest absolute Gasteiger partial charge is 0.513 e. The highest BCUT2D eigenvalue weighted by Crippen LogP contribution is 2.49. The number of allylic oxidation sites excluding steroid dienone is 7. The Bertz CT molecular complexity index is 769. The van der Waals surface area contributed by atoms with Crippen LogP contribution in [0.1, 0.15) is 47.5 Å². The molecule has 0 saturated heterocycles. The average Bonchev–Trinajstić information content (AvgIpc) is 2.64. The molecule has 162 valence electrons. The van der Waals surface area contributed by atoms with Crippen molar-refractivity contribution in [3.63, 3.8) is 0 Å². The van der Waals surface area contributed by atoms with E-state index >= 15 is 0 Å². The van der Waals surface area contributed by atoms with Crippen LogP contribution in [0.4, 0.5) is 0 Å². The predicted molar refractivity (Wildman–Crippen MR) is 109 cm³/mol. The van der Waals surface area contributed by atoms with Gasteiger partial charge in [0, 0.05) is 13.0 Å². The van der Waals surface area contributed by atoms with Gasteiger partial charge in [0.1, 0.15) is 17.6 Å². The number of ether oxygens (including phenoxy) is 1. The van der Waals surface area contributed by atoms with Gasteiger partial charge in [-0.05, 0) is 50.8 Å². The minimum absolute atomic E-state index is 0.110. The fraction of sp³-hybridized carbons (Fsp3) is 0.526. The number of nitro groups is 1. The fourth-order valence-electron chi connectivity index (χ4n) is 2.26. The molecule has 2 atom stereocenters. The van der Waals surface area contributed by atoms with Gasteiger partial charge in [-0.15, -0.1) is 0 Å². The molecule has 1 aliphatic carbocycles. The summed E-state index contributed by atoms with van der Waals surface area (Å²) in [6.07, 6.45) is 9.41. The van der Waals surface area contributed by atoms with Gasteiger partial charge < -0.3 is 13.8 Å². The van der Waals surface area contributed by atoms with Crippen LogP contribution in [0, 0.1) is 16.0 Å². The second-order valence-electron chi connectivity index (χ2n) is 6.71. The molecule has 0 spiro atoms. The van der Waals surface area contributed by atoms with Crippen molar-refractivity contribution in [1.29, 1.82) is 0 Å². The Morgan fingerprint density at radius 3 is 2.55 bits per heavy atom. The molecule has 0 aromatic carbocycles. The van der Waals surface area contributed by atoms with Crippen molar-refractivity contribution in [3.8, 4) is 0 Å². The molecule has 0 heterocycles. The highest BCUT2D eigenvalue weighted by Gasteiger charge is 2.37. The number of carbonyl (C=O) groups is 1. The maximum absolute atomic E-state index is 13.5. The fourth-order valence-corrected chi connectivity index (χ4v) is 4.00. The Balaban J connectivity index is 3.15. The quantitative estimate of drug-likeness (QED) is 0.126. The first-order chi connectivity index (χ1) is 13.6.